The number of nitrogen functional groups attached to an aromatic ring is 1. The summed E-state index contributed by atoms with van der Waals surface area (Å²) < 4.78 is 37.7. The van der Waals surface area contributed by atoms with Gasteiger partial charge in [0.1, 0.15) is 10.7 Å². The van der Waals surface area contributed by atoms with Gasteiger partial charge in [0.05, 0.1) is 5.25 Å². The van der Waals surface area contributed by atoms with Crippen molar-refractivity contribution in [1.29, 1.82) is 0 Å². The van der Waals surface area contributed by atoms with E-state index >= 15 is 0 Å². The summed E-state index contributed by atoms with van der Waals surface area (Å²) in [6.45, 7) is 0. The minimum absolute atomic E-state index is 0.214. The average Bonchev–Trinajstić information content (AvgIpc) is 2.69. The van der Waals surface area contributed by atoms with Gasteiger partial charge in [0.15, 0.2) is 9.84 Å². The Hall–Kier alpha value is -1.10. The molecule has 0 atom stereocenters. The van der Waals surface area contributed by atoms with Gasteiger partial charge in [0.2, 0.25) is 0 Å². The molecule has 0 bridgehead atoms. The van der Waals surface area contributed by atoms with Crippen LogP contribution in [-0.4, -0.2) is 13.7 Å². The first-order valence-electron chi connectivity index (χ1n) is 5.31. The van der Waals surface area contributed by atoms with Gasteiger partial charge in [-0.3, -0.25) is 0 Å². The highest BCUT2D eigenvalue weighted by molar-refractivity contribution is 7.92. The summed E-state index contributed by atoms with van der Waals surface area (Å²) >= 11 is 0. The molecule has 16 heavy (non-hydrogen) atoms. The van der Waals surface area contributed by atoms with Crippen LogP contribution in [0.4, 0.5) is 10.1 Å². The molecule has 0 aromatic heterocycles. The Balaban J connectivity index is 2.42. The van der Waals surface area contributed by atoms with E-state index in [-0.39, 0.29) is 10.6 Å². The van der Waals surface area contributed by atoms with Gasteiger partial charge in [-0.05, 0) is 31.0 Å². The van der Waals surface area contributed by atoms with E-state index in [1.54, 1.807) is 0 Å². The number of benzene rings is 1. The van der Waals surface area contributed by atoms with Gasteiger partial charge in [-0.25, -0.2) is 12.8 Å². The number of anilines is 1. The van der Waals surface area contributed by atoms with Gasteiger partial charge in [-0.2, -0.15) is 0 Å². The third kappa shape index (κ3) is 1.91. The number of hydrogen-bond donors (Lipinski definition) is 1. The van der Waals surface area contributed by atoms with E-state index in [0.717, 1.165) is 18.9 Å². The Labute approximate surface area is 94.4 Å². The minimum Gasteiger partial charge on any atom is -0.399 e. The highest BCUT2D eigenvalue weighted by Gasteiger charge is 2.32. The molecular formula is C11H14FNO2S. The second-order valence-corrected chi connectivity index (χ2v) is 6.34. The van der Waals surface area contributed by atoms with Crippen molar-refractivity contribution < 1.29 is 12.8 Å². The molecule has 0 aliphatic heterocycles. The zero-order valence-corrected chi connectivity index (χ0v) is 9.63. The monoisotopic (exact) mass is 243 g/mol. The number of halogens is 1. The van der Waals surface area contributed by atoms with Gasteiger partial charge in [0.25, 0.3) is 0 Å². The van der Waals surface area contributed by atoms with Crippen molar-refractivity contribution >= 4 is 15.5 Å². The molecule has 1 aliphatic rings. The van der Waals surface area contributed by atoms with Crippen molar-refractivity contribution in [3.8, 4) is 0 Å². The van der Waals surface area contributed by atoms with Crippen molar-refractivity contribution in [2.45, 2.75) is 35.8 Å². The van der Waals surface area contributed by atoms with Crippen LogP contribution in [0, 0.1) is 5.82 Å². The average molecular weight is 243 g/mol. The lowest BCUT2D eigenvalue weighted by Gasteiger charge is -2.11. The maximum Gasteiger partial charge on any atom is 0.184 e. The van der Waals surface area contributed by atoms with Crippen molar-refractivity contribution in [3.63, 3.8) is 0 Å². The van der Waals surface area contributed by atoms with E-state index in [1.807, 2.05) is 0 Å². The predicted octanol–water partition coefficient (Wildman–Crippen LogP) is 2.12. The van der Waals surface area contributed by atoms with Crippen LogP contribution >= 0.6 is 0 Å². The maximum absolute atomic E-state index is 13.5. The molecule has 1 fully saturated rings. The van der Waals surface area contributed by atoms with Gasteiger partial charge in [0, 0.05) is 5.69 Å². The second-order valence-electron chi connectivity index (χ2n) is 4.14. The quantitative estimate of drug-likeness (QED) is 0.809. The molecule has 1 saturated carbocycles. The van der Waals surface area contributed by atoms with Crippen molar-refractivity contribution in [2.24, 2.45) is 0 Å². The van der Waals surface area contributed by atoms with E-state index in [1.165, 1.54) is 12.1 Å². The first-order chi connectivity index (χ1) is 7.51. The lowest BCUT2D eigenvalue weighted by molar-refractivity contribution is 0.556. The van der Waals surface area contributed by atoms with Gasteiger partial charge >= 0.3 is 0 Å². The molecule has 1 aromatic rings. The van der Waals surface area contributed by atoms with Crippen molar-refractivity contribution in [2.75, 3.05) is 5.73 Å². The van der Waals surface area contributed by atoms with Gasteiger partial charge < -0.3 is 5.73 Å². The molecule has 0 heterocycles. The summed E-state index contributed by atoms with van der Waals surface area (Å²) in [5.41, 5.74) is 5.63. The Kier molecular flexibility index (Phi) is 2.88. The molecule has 0 amide bonds. The zero-order chi connectivity index (χ0) is 11.8. The highest BCUT2D eigenvalue weighted by atomic mass is 32.2. The van der Waals surface area contributed by atoms with E-state index in [0.29, 0.717) is 12.8 Å². The summed E-state index contributed by atoms with van der Waals surface area (Å²) in [6, 6.07) is 3.74. The molecule has 0 saturated heterocycles. The third-order valence-corrected chi connectivity index (χ3v) is 5.30. The third-order valence-electron chi connectivity index (χ3n) is 3.00. The first kappa shape index (κ1) is 11.4. The van der Waals surface area contributed by atoms with Crippen LogP contribution in [0.3, 0.4) is 0 Å². The lowest BCUT2D eigenvalue weighted by atomic mass is 10.3. The molecular weight excluding hydrogens is 229 g/mol. The summed E-state index contributed by atoms with van der Waals surface area (Å²) in [5, 5.41) is -0.425. The van der Waals surface area contributed by atoms with Crippen LogP contribution in [0.2, 0.25) is 0 Å². The summed E-state index contributed by atoms with van der Waals surface area (Å²) in [6.07, 6.45) is 3.07. The Morgan fingerprint density at radius 1 is 1.25 bits per heavy atom. The predicted molar refractivity (Wildman–Crippen MR) is 60.3 cm³/mol. The fourth-order valence-electron chi connectivity index (χ4n) is 2.13. The van der Waals surface area contributed by atoms with Crippen molar-refractivity contribution in [3.05, 3.63) is 24.0 Å². The Morgan fingerprint density at radius 3 is 2.44 bits per heavy atom. The van der Waals surface area contributed by atoms with Crippen molar-refractivity contribution in [1.82, 2.24) is 0 Å². The van der Waals surface area contributed by atoms with Crippen LogP contribution in [0.25, 0.3) is 0 Å². The second kappa shape index (κ2) is 4.05. The topological polar surface area (TPSA) is 60.2 Å². The van der Waals surface area contributed by atoms with Crippen LogP contribution in [0.5, 0.6) is 0 Å². The molecule has 1 aliphatic carbocycles. The van der Waals surface area contributed by atoms with Crippen LogP contribution in [0.15, 0.2) is 23.1 Å². The van der Waals surface area contributed by atoms with E-state index in [4.69, 9.17) is 5.73 Å². The highest BCUT2D eigenvalue weighted by Crippen LogP contribution is 2.31. The van der Waals surface area contributed by atoms with E-state index in [2.05, 4.69) is 0 Å². The standard InChI is InChI=1S/C11H14FNO2S/c12-10-7-8(13)5-6-11(10)16(14,15)9-3-1-2-4-9/h5-7,9H,1-4,13H2. The Morgan fingerprint density at radius 2 is 1.88 bits per heavy atom. The molecule has 3 nitrogen and oxygen atoms in total. The fraction of sp³-hybridized carbons (Fsp3) is 0.455. The largest absolute Gasteiger partial charge is 0.399 e. The number of sulfone groups is 1. The van der Waals surface area contributed by atoms with E-state index in [9.17, 15) is 12.8 Å². The minimum atomic E-state index is -3.52. The molecule has 5 heteroatoms. The van der Waals surface area contributed by atoms with E-state index < -0.39 is 20.9 Å². The molecule has 2 rings (SSSR count). The molecule has 88 valence electrons. The first-order valence-corrected chi connectivity index (χ1v) is 6.85. The molecule has 2 N–H and O–H groups in total. The van der Waals surface area contributed by atoms with Crippen LogP contribution < -0.4 is 5.73 Å². The molecule has 1 aromatic carbocycles. The maximum atomic E-state index is 13.5. The smallest absolute Gasteiger partial charge is 0.184 e. The van der Waals surface area contributed by atoms with Crippen LogP contribution in [0.1, 0.15) is 25.7 Å². The Bertz CT molecular complexity index is 493. The number of nitrogens with two attached hydrogens (primary N) is 1. The SMILES string of the molecule is Nc1ccc(S(=O)(=O)C2CCCC2)c(F)c1. The van der Waals surface area contributed by atoms with Gasteiger partial charge in [-0.1, -0.05) is 12.8 Å². The number of rotatable bonds is 2. The molecule has 0 radical (unpaired) electrons. The normalized spacial score (nSPS) is 17.8. The fourth-order valence-corrected chi connectivity index (χ4v) is 4.03. The summed E-state index contributed by atoms with van der Waals surface area (Å²) in [4.78, 5) is -0.214. The summed E-state index contributed by atoms with van der Waals surface area (Å²) in [7, 11) is -3.52. The number of hydrogen-bond acceptors (Lipinski definition) is 3. The molecule has 0 unspecified atom stereocenters. The van der Waals surface area contributed by atoms with Crippen LogP contribution in [-0.2, 0) is 9.84 Å². The zero-order valence-electron chi connectivity index (χ0n) is 8.82. The van der Waals surface area contributed by atoms with Gasteiger partial charge in [-0.15, -0.1) is 0 Å². The molecule has 0 spiro atoms. The summed E-state index contributed by atoms with van der Waals surface area (Å²) in [5.74, 6) is -0.744. The lowest BCUT2D eigenvalue weighted by Crippen LogP contribution is -2.19.